The maximum absolute atomic E-state index is 11.5. The standard InChI is InChI=1S/C24H42O4/c1-14(5-4-10-25)17-6-7-18-22-19(13-21(28)24(17,18)3)23(2)9-8-16(26)11-15(23)12-20(22)27/h14-22,25-28H,4-13H2,1-3H3/t14-,15-,16+,17+,18-,19+,20+,21-,22-,23+,24-/m1/s1. The van der Waals surface area contributed by atoms with Gasteiger partial charge in [0.25, 0.3) is 0 Å². The minimum absolute atomic E-state index is 0.117. The van der Waals surface area contributed by atoms with Crippen LogP contribution in [-0.2, 0) is 0 Å². The Morgan fingerprint density at radius 1 is 0.964 bits per heavy atom. The van der Waals surface area contributed by atoms with Gasteiger partial charge in [-0.05, 0) is 104 Å². The highest BCUT2D eigenvalue weighted by Crippen LogP contribution is 2.68. The molecule has 28 heavy (non-hydrogen) atoms. The maximum atomic E-state index is 11.5. The fourth-order valence-corrected chi connectivity index (χ4v) is 8.75. The predicted molar refractivity (Wildman–Crippen MR) is 109 cm³/mol. The van der Waals surface area contributed by atoms with Gasteiger partial charge in [-0.15, -0.1) is 0 Å². The molecular formula is C24H42O4. The summed E-state index contributed by atoms with van der Waals surface area (Å²) >= 11 is 0. The van der Waals surface area contributed by atoms with Crippen LogP contribution in [0.25, 0.3) is 0 Å². The molecule has 4 N–H and O–H groups in total. The summed E-state index contributed by atoms with van der Waals surface area (Å²) in [6.07, 6.45) is 7.62. The van der Waals surface area contributed by atoms with Gasteiger partial charge in [0.2, 0.25) is 0 Å². The molecule has 0 aromatic rings. The molecule has 0 bridgehead atoms. The second kappa shape index (κ2) is 7.51. The Bertz CT molecular complexity index is 567. The zero-order valence-electron chi connectivity index (χ0n) is 18.1. The normalized spacial score (nSPS) is 54.5. The average molecular weight is 395 g/mol. The summed E-state index contributed by atoms with van der Waals surface area (Å²) in [5.41, 5.74) is 0.0282. The van der Waals surface area contributed by atoms with Crippen LogP contribution in [0.2, 0.25) is 0 Å². The Labute approximate surface area is 170 Å². The molecule has 4 saturated carbocycles. The van der Waals surface area contributed by atoms with Gasteiger partial charge in [-0.3, -0.25) is 0 Å². The van der Waals surface area contributed by atoms with E-state index in [9.17, 15) is 20.4 Å². The summed E-state index contributed by atoms with van der Waals surface area (Å²) in [6, 6.07) is 0. The van der Waals surface area contributed by atoms with Crippen molar-refractivity contribution in [2.24, 2.45) is 46.3 Å². The first-order chi connectivity index (χ1) is 13.2. The maximum Gasteiger partial charge on any atom is 0.0602 e. The van der Waals surface area contributed by atoms with Crippen LogP contribution in [0.3, 0.4) is 0 Å². The molecule has 0 aromatic heterocycles. The number of hydrogen-bond acceptors (Lipinski definition) is 4. The predicted octanol–water partition coefficient (Wildman–Crippen LogP) is 3.36. The van der Waals surface area contributed by atoms with Crippen LogP contribution < -0.4 is 0 Å². The van der Waals surface area contributed by atoms with Crippen LogP contribution in [0.1, 0.15) is 78.6 Å². The third kappa shape index (κ3) is 3.01. The molecule has 4 nitrogen and oxygen atoms in total. The minimum atomic E-state index is -0.308. The third-order valence-electron chi connectivity index (χ3n) is 10.3. The van der Waals surface area contributed by atoms with E-state index in [0.717, 1.165) is 57.8 Å². The molecule has 0 radical (unpaired) electrons. The molecule has 4 heteroatoms. The number of rotatable bonds is 4. The van der Waals surface area contributed by atoms with E-state index in [0.29, 0.717) is 35.5 Å². The number of hydrogen-bond donors (Lipinski definition) is 4. The largest absolute Gasteiger partial charge is 0.396 e. The summed E-state index contributed by atoms with van der Waals surface area (Å²) in [5.74, 6) is 2.41. The van der Waals surface area contributed by atoms with Gasteiger partial charge in [-0.1, -0.05) is 20.8 Å². The monoisotopic (exact) mass is 394 g/mol. The topological polar surface area (TPSA) is 80.9 Å². The van der Waals surface area contributed by atoms with Crippen molar-refractivity contribution in [1.82, 2.24) is 0 Å². The quantitative estimate of drug-likeness (QED) is 0.589. The Hall–Kier alpha value is -0.160. The lowest BCUT2D eigenvalue weighted by molar-refractivity contribution is -0.207. The first-order valence-corrected chi connectivity index (χ1v) is 11.9. The Morgan fingerprint density at radius 3 is 2.43 bits per heavy atom. The van der Waals surface area contributed by atoms with Gasteiger partial charge < -0.3 is 20.4 Å². The Balaban J connectivity index is 1.62. The molecule has 0 saturated heterocycles. The van der Waals surface area contributed by atoms with E-state index in [1.807, 2.05) is 0 Å². The lowest BCUT2D eigenvalue weighted by Gasteiger charge is -2.63. The smallest absolute Gasteiger partial charge is 0.0602 e. The summed E-state index contributed by atoms with van der Waals surface area (Å²) in [4.78, 5) is 0. The van der Waals surface area contributed by atoms with Crippen molar-refractivity contribution in [3.8, 4) is 0 Å². The van der Waals surface area contributed by atoms with Crippen molar-refractivity contribution < 1.29 is 20.4 Å². The van der Waals surface area contributed by atoms with Crippen molar-refractivity contribution in [3.05, 3.63) is 0 Å². The molecule has 0 aliphatic heterocycles. The fourth-order valence-electron chi connectivity index (χ4n) is 8.75. The molecule has 4 aliphatic rings. The van der Waals surface area contributed by atoms with E-state index in [4.69, 9.17) is 0 Å². The molecule has 162 valence electrons. The summed E-state index contributed by atoms with van der Waals surface area (Å²) in [6.45, 7) is 7.23. The van der Waals surface area contributed by atoms with Gasteiger partial charge in [-0.25, -0.2) is 0 Å². The highest BCUT2D eigenvalue weighted by Gasteiger charge is 2.65. The molecular weight excluding hydrogens is 352 g/mol. The number of fused-ring (bicyclic) bond motifs is 5. The highest BCUT2D eigenvalue weighted by atomic mass is 16.3. The van der Waals surface area contributed by atoms with E-state index in [2.05, 4.69) is 20.8 Å². The van der Waals surface area contributed by atoms with Crippen molar-refractivity contribution >= 4 is 0 Å². The van der Waals surface area contributed by atoms with Crippen molar-refractivity contribution in [1.29, 1.82) is 0 Å². The lowest BCUT2D eigenvalue weighted by atomic mass is 9.43. The number of aliphatic hydroxyl groups is 4. The van der Waals surface area contributed by atoms with Gasteiger partial charge in [0, 0.05) is 6.61 Å². The summed E-state index contributed by atoms with van der Waals surface area (Å²) < 4.78 is 0. The van der Waals surface area contributed by atoms with Gasteiger partial charge in [0.05, 0.1) is 18.3 Å². The van der Waals surface area contributed by atoms with Crippen LogP contribution in [-0.4, -0.2) is 45.3 Å². The van der Waals surface area contributed by atoms with E-state index in [-0.39, 0.29) is 35.7 Å². The molecule has 0 aromatic carbocycles. The van der Waals surface area contributed by atoms with Crippen molar-refractivity contribution in [2.45, 2.75) is 96.9 Å². The first-order valence-electron chi connectivity index (χ1n) is 11.9. The molecule has 11 atom stereocenters. The van der Waals surface area contributed by atoms with Crippen molar-refractivity contribution in [2.75, 3.05) is 6.61 Å². The van der Waals surface area contributed by atoms with Crippen LogP contribution in [0.5, 0.6) is 0 Å². The van der Waals surface area contributed by atoms with Crippen molar-refractivity contribution in [3.63, 3.8) is 0 Å². The molecule has 0 unspecified atom stereocenters. The molecule has 4 aliphatic carbocycles. The minimum Gasteiger partial charge on any atom is -0.396 e. The second-order valence-corrected chi connectivity index (χ2v) is 11.4. The molecule has 0 spiro atoms. The zero-order valence-corrected chi connectivity index (χ0v) is 18.1. The van der Waals surface area contributed by atoms with Crippen LogP contribution in [0.15, 0.2) is 0 Å². The van der Waals surface area contributed by atoms with Crippen LogP contribution in [0, 0.1) is 46.3 Å². The Morgan fingerprint density at radius 2 is 1.71 bits per heavy atom. The fraction of sp³-hybridized carbons (Fsp3) is 1.00. The second-order valence-electron chi connectivity index (χ2n) is 11.4. The molecule has 0 heterocycles. The SMILES string of the molecule is C[C@H](CCCO)[C@@H]1CC[C@@H]2[C@H]3[C@@H](O)C[C@H]4C[C@@H](O)CC[C@]4(C)[C@H]3C[C@@H](O)[C@@]21C. The van der Waals surface area contributed by atoms with Gasteiger partial charge >= 0.3 is 0 Å². The lowest BCUT2D eigenvalue weighted by Crippen LogP contribution is -2.62. The summed E-state index contributed by atoms with van der Waals surface area (Å²) in [5, 5.41) is 42.2. The molecule has 4 fully saturated rings. The van der Waals surface area contributed by atoms with E-state index in [1.165, 1.54) is 0 Å². The number of aliphatic hydroxyl groups excluding tert-OH is 4. The highest BCUT2D eigenvalue weighted by molar-refractivity contribution is 5.14. The van der Waals surface area contributed by atoms with Crippen LogP contribution in [0.4, 0.5) is 0 Å². The molecule has 0 amide bonds. The average Bonchev–Trinajstić information content (AvgIpc) is 3.01. The summed E-state index contributed by atoms with van der Waals surface area (Å²) in [7, 11) is 0. The van der Waals surface area contributed by atoms with Gasteiger partial charge in [-0.2, -0.15) is 0 Å². The first kappa shape index (κ1) is 21.1. The van der Waals surface area contributed by atoms with E-state index < -0.39 is 0 Å². The van der Waals surface area contributed by atoms with Gasteiger partial charge in [0.15, 0.2) is 0 Å². The van der Waals surface area contributed by atoms with E-state index in [1.54, 1.807) is 0 Å². The third-order valence-corrected chi connectivity index (χ3v) is 10.3. The zero-order chi connectivity index (χ0) is 20.3. The molecule has 4 rings (SSSR count). The van der Waals surface area contributed by atoms with E-state index >= 15 is 0 Å². The van der Waals surface area contributed by atoms with Gasteiger partial charge in [0.1, 0.15) is 0 Å². The Kier molecular flexibility index (Phi) is 5.66. The van der Waals surface area contributed by atoms with Crippen LogP contribution >= 0.6 is 0 Å².